The average molecular weight is 284 g/mol. The third kappa shape index (κ3) is 3.03. The van der Waals surface area contributed by atoms with E-state index < -0.39 is 10.0 Å². The minimum absolute atomic E-state index is 0.00368. The van der Waals surface area contributed by atoms with Crippen molar-refractivity contribution < 1.29 is 8.42 Å². The van der Waals surface area contributed by atoms with Crippen LogP contribution < -0.4 is 10.0 Å². The average Bonchev–Trinajstić information content (AvgIpc) is 2.70. The molecular weight excluding hydrogens is 264 g/mol. The number of nitrogens with one attached hydrogen (secondary N) is 2. The van der Waals surface area contributed by atoms with Gasteiger partial charge in [0.25, 0.3) is 0 Å². The highest BCUT2D eigenvalue weighted by Gasteiger charge is 2.33. The minimum atomic E-state index is -3.53. The highest BCUT2D eigenvalue weighted by molar-refractivity contribution is 7.89. The summed E-state index contributed by atoms with van der Waals surface area (Å²) in [6, 6.07) is 0.00368. The Morgan fingerprint density at radius 3 is 2.32 bits per heavy atom. The van der Waals surface area contributed by atoms with E-state index in [2.05, 4.69) is 33.9 Å². The van der Waals surface area contributed by atoms with E-state index in [1.807, 2.05) is 0 Å². The second-order valence-electron chi connectivity index (χ2n) is 5.13. The summed E-state index contributed by atoms with van der Waals surface area (Å²) in [5.41, 5.74) is 0. The lowest BCUT2D eigenvalue weighted by Gasteiger charge is -2.19. The molecule has 0 aromatic carbocycles. The van der Waals surface area contributed by atoms with Crippen LogP contribution in [0.2, 0.25) is 0 Å². The van der Waals surface area contributed by atoms with Crippen molar-refractivity contribution in [1.29, 1.82) is 0 Å². The molecule has 3 unspecified atom stereocenters. The van der Waals surface area contributed by atoms with Crippen LogP contribution >= 0.6 is 0 Å². The van der Waals surface area contributed by atoms with Crippen molar-refractivity contribution in [2.24, 2.45) is 11.8 Å². The Bertz CT molecular complexity index is 529. The van der Waals surface area contributed by atoms with Crippen molar-refractivity contribution in [3.63, 3.8) is 0 Å². The minimum Gasteiger partial charge on any atom is -0.357 e. The van der Waals surface area contributed by atoms with Gasteiger partial charge in [-0.25, -0.2) is 23.1 Å². The summed E-state index contributed by atoms with van der Waals surface area (Å²) < 4.78 is 27.2. The van der Waals surface area contributed by atoms with Gasteiger partial charge >= 0.3 is 0 Å². The first-order chi connectivity index (χ1) is 8.94. The van der Waals surface area contributed by atoms with Gasteiger partial charge in [-0.3, -0.25) is 0 Å². The lowest BCUT2D eigenvalue weighted by atomic mass is 9.98. The highest BCUT2D eigenvalue weighted by Crippen LogP contribution is 2.31. The van der Waals surface area contributed by atoms with Crippen LogP contribution in [0.15, 0.2) is 17.3 Å². The molecule has 0 radical (unpaired) electrons. The van der Waals surface area contributed by atoms with Crippen LogP contribution in [0.5, 0.6) is 0 Å². The summed E-state index contributed by atoms with van der Waals surface area (Å²) in [6.07, 6.45) is 4.59. The first-order valence-corrected chi connectivity index (χ1v) is 7.94. The van der Waals surface area contributed by atoms with Crippen molar-refractivity contribution in [3.05, 3.63) is 12.4 Å². The molecule has 1 aliphatic rings. The van der Waals surface area contributed by atoms with Gasteiger partial charge in [0.05, 0.1) is 12.4 Å². The van der Waals surface area contributed by atoms with Crippen molar-refractivity contribution >= 4 is 16.0 Å². The molecule has 1 heterocycles. The van der Waals surface area contributed by atoms with Crippen molar-refractivity contribution in [2.45, 2.75) is 37.6 Å². The SMILES string of the molecule is CNc1ncc(S(=O)(=O)NC2CCC(C)C2C)cn1. The van der Waals surface area contributed by atoms with Gasteiger partial charge in [-0.05, 0) is 24.7 Å². The van der Waals surface area contributed by atoms with Gasteiger partial charge in [-0.1, -0.05) is 13.8 Å². The smallest absolute Gasteiger partial charge is 0.243 e. The largest absolute Gasteiger partial charge is 0.357 e. The normalized spacial score (nSPS) is 27.4. The highest BCUT2D eigenvalue weighted by atomic mass is 32.2. The van der Waals surface area contributed by atoms with E-state index in [1.54, 1.807) is 7.05 Å². The lowest BCUT2D eigenvalue weighted by Crippen LogP contribution is -2.37. The Balaban J connectivity index is 2.13. The molecule has 0 aliphatic heterocycles. The lowest BCUT2D eigenvalue weighted by molar-refractivity contribution is 0.402. The fourth-order valence-electron chi connectivity index (χ4n) is 2.38. The van der Waals surface area contributed by atoms with Crippen LogP contribution in [-0.4, -0.2) is 31.5 Å². The molecule has 19 heavy (non-hydrogen) atoms. The van der Waals surface area contributed by atoms with Crippen LogP contribution in [0, 0.1) is 11.8 Å². The summed E-state index contributed by atoms with van der Waals surface area (Å²) in [5.74, 6) is 1.31. The Hall–Kier alpha value is -1.21. The first kappa shape index (κ1) is 14.2. The van der Waals surface area contributed by atoms with E-state index in [4.69, 9.17) is 0 Å². The number of anilines is 1. The molecule has 2 N–H and O–H groups in total. The standard InChI is InChI=1S/C12H20N4O2S/c1-8-4-5-11(9(8)2)16-19(17,18)10-6-14-12(13-3)15-7-10/h6-9,11,16H,4-5H2,1-3H3,(H,13,14,15). The molecule has 0 saturated heterocycles. The third-order valence-corrected chi connectivity index (χ3v) is 5.38. The number of rotatable bonds is 4. The fraction of sp³-hybridized carbons (Fsp3) is 0.667. The first-order valence-electron chi connectivity index (χ1n) is 6.46. The molecule has 0 bridgehead atoms. The number of hydrogen-bond donors (Lipinski definition) is 2. The summed E-state index contributed by atoms with van der Waals surface area (Å²) >= 11 is 0. The fourth-order valence-corrected chi connectivity index (χ4v) is 3.63. The maximum absolute atomic E-state index is 12.2. The van der Waals surface area contributed by atoms with E-state index in [0.717, 1.165) is 12.8 Å². The molecule has 0 spiro atoms. The molecule has 1 aliphatic carbocycles. The zero-order valence-corrected chi connectivity index (χ0v) is 12.2. The van der Waals surface area contributed by atoms with E-state index >= 15 is 0 Å². The molecule has 2 rings (SSSR count). The topological polar surface area (TPSA) is 84.0 Å². The monoisotopic (exact) mass is 284 g/mol. The Morgan fingerprint density at radius 1 is 1.21 bits per heavy atom. The van der Waals surface area contributed by atoms with Crippen LogP contribution in [0.4, 0.5) is 5.95 Å². The molecule has 7 heteroatoms. The number of nitrogens with zero attached hydrogens (tertiary/aromatic N) is 2. The molecule has 106 valence electrons. The van der Waals surface area contributed by atoms with Crippen molar-refractivity contribution in [3.8, 4) is 0 Å². The Labute approximate surface area is 114 Å². The predicted octanol–water partition coefficient (Wildman–Crippen LogP) is 1.23. The van der Waals surface area contributed by atoms with E-state index in [0.29, 0.717) is 17.8 Å². The molecule has 1 fully saturated rings. The van der Waals surface area contributed by atoms with Gasteiger partial charge in [0.1, 0.15) is 4.90 Å². The van der Waals surface area contributed by atoms with Crippen LogP contribution in [0.3, 0.4) is 0 Å². The molecule has 1 aromatic rings. The van der Waals surface area contributed by atoms with Gasteiger partial charge in [-0.2, -0.15) is 0 Å². The third-order valence-electron chi connectivity index (χ3n) is 3.93. The quantitative estimate of drug-likeness (QED) is 0.869. The van der Waals surface area contributed by atoms with Crippen LogP contribution in [-0.2, 0) is 10.0 Å². The zero-order chi connectivity index (χ0) is 14.0. The van der Waals surface area contributed by atoms with Crippen molar-refractivity contribution in [1.82, 2.24) is 14.7 Å². The van der Waals surface area contributed by atoms with E-state index in [-0.39, 0.29) is 10.9 Å². The van der Waals surface area contributed by atoms with Crippen LogP contribution in [0.25, 0.3) is 0 Å². The van der Waals surface area contributed by atoms with Gasteiger partial charge in [0, 0.05) is 13.1 Å². The maximum atomic E-state index is 12.2. The predicted molar refractivity (Wildman–Crippen MR) is 73.3 cm³/mol. The second kappa shape index (κ2) is 5.42. The molecule has 6 nitrogen and oxygen atoms in total. The molecule has 0 amide bonds. The van der Waals surface area contributed by atoms with Crippen molar-refractivity contribution in [2.75, 3.05) is 12.4 Å². The maximum Gasteiger partial charge on any atom is 0.243 e. The summed E-state index contributed by atoms with van der Waals surface area (Å²) in [4.78, 5) is 7.97. The summed E-state index contributed by atoms with van der Waals surface area (Å²) in [6.45, 7) is 4.25. The van der Waals surface area contributed by atoms with Gasteiger partial charge < -0.3 is 5.32 Å². The Kier molecular flexibility index (Phi) is 4.05. The van der Waals surface area contributed by atoms with Crippen LogP contribution in [0.1, 0.15) is 26.7 Å². The van der Waals surface area contributed by atoms with E-state index in [9.17, 15) is 8.42 Å². The summed E-state index contributed by atoms with van der Waals surface area (Å²) in [7, 11) is -1.84. The molecule has 1 saturated carbocycles. The van der Waals surface area contributed by atoms with Gasteiger partial charge in [0.2, 0.25) is 16.0 Å². The zero-order valence-electron chi connectivity index (χ0n) is 11.4. The molecular formula is C12H20N4O2S. The number of aromatic nitrogens is 2. The number of hydrogen-bond acceptors (Lipinski definition) is 5. The summed E-state index contributed by atoms with van der Waals surface area (Å²) in [5, 5.41) is 2.75. The molecule has 1 aromatic heterocycles. The second-order valence-corrected chi connectivity index (χ2v) is 6.85. The van der Waals surface area contributed by atoms with E-state index in [1.165, 1.54) is 12.4 Å². The molecule has 3 atom stereocenters. The van der Waals surface area contributed by atoms with Gasteiger partial charge in [0.15, 0.2) is 0 Å². The Morgan fingerprint density at radius 2 is 1.84 bits per heavy atom. The van der Waals surface area contributed by atoms with Gasteiger partial charge in [-0.15, -0.1) is 0 Å². The number of sulfonamides is 1.